The second-order valence-corrected chi connectivity index (χ2v) is 10.9. The number of nitrogens with one attached hydrogen (secondary N) is 2. The molecule has 0 aliphatic carbocycles. The number of aromatic carboxylic acids is 1. The number of carboxylic acids is 1. The molecule has 2 aliphatic heterocycles. The summed E-state index contributed by atoms with van der Waals surface area (Å²) in [5.41, 5.74) is 5.62. The monoisotopic (exact) mass is 654 g/mol. The highest BCUT2D eigenvalue weighted by molar-refractivity contribution is 9.11. The second-order valence-electron chi connectivity index (χ2n) is 7.40. The lowest BCUT2D eigenvalue weighted by Gasteiger charge is -2.47. The third kappa shape index (κ3) is 3.32. The summed E-state index contributed by atoms with van der Waals surface area (Å²) in [5.74, 6) is -0.915. The Balaban J connectivity index is 1.76. The summed E-state index contributed by atoms with van der Waals surface area (Å²) in [7, 11) is 0. The zero-order chi connectivity index (χ0) is 21.2. The zero-order valence-corrected chi connectivity index (χ0v) is 21.6. The Kier molecular flexibility index (Phi) is 5.24. The number of carbonyl (C=O) groups is 1. The number of fused-ring (bicyclic) bond motifs is 6. The van der Waals surface area contributed by atoms with E-state index < -0.39 is 5.97 Å². The van der Waals surface area contributed by atoms with Gasteiger partial charge in [-0.2, -0.15) is 0 Å². The molecule has 0 radical (unpaired) electrons. The van der Waals surface area contributed by atoms with Gasteiger partial charge in [-0.05, 0) is 73.8 Å². The van der Waals surface area contributed by atoms with Crippen molar-refractivity contribution in [2.75, 3.05) is 10.6 Å². The van der Waals surface area contributed by atoms with E-state index in [0.29, 0.717) is 5.56 Å². The quantitative estimate of drug-likeness (QED) is 0.263. The molecule has 0 unspecified atom stereocenters. The van der Waals surface area contributed by atoms with Gasteiger partial charge in [-0.1, -0.05) is 44.0 Å². The molecule has 0 amide bonds. The first kappa shape index (κ1) is 20.5. The number of benzene rings is 3. The molecule has 30 heavy (non-hydrogen) atoms. The van der Waals surface area contributed by atoms with Crippen molar-refractivity contribution in [2.45, 2.75) is 18.0 Å². The SMILES string of the molecule is O=C(O)c1cccc(C2[C@H]3Nc4c(Br)cc(Br)cc4[C@@H]2Nc2c(Br)cc(Br)cc23)c1. The highest BCUT2D eigenvalue weighted by atomic mass is 79.9. The first-order valence-electron chi connectivity index (χ1n) is 9.17. The molecular formula is C22H14Br4N2O2. The standard InChI is InChI=1S/C22H14Br4N2O2/c23-11-5-13-18(15(25)7-11)27-21-14-6-12(24)8-16(26)19(14)28-20(13)17(21)9-2-1-3-10(4-9)22(29)30/h1-8,17,20-21,27-28H,(H,29,30)/t20-,21-/m0/s1. The molecule has 0 saturated carbocycles. The molecule has 0 saturated heterocycles. The van der Waals surface area contributed by atoms with Crippen molar-refractivity contribution in [3.05, 3.63) is 88.7 Å². The molecule has 3 aromatic rings. The minimum atomic E-state index is -0.921. The predicted octanol–water partition coefficient (Wildman–Crippen LogP) is 7.85. The van der Waals surface area contributed by atoms with Crippen molar-refractivity contribution in [3.8, 4) is 0 Å². The summed E-state index contributed by atoms with van der Waals surface area (Å²) in [4.78, 5) is 11.6. The van der Waals surface area contributed by atoms with Crippen molar-refractivity contribution < 1.29 is 9.90 Å². The Morgan fingerprint density at radius 2 is 1.33 bits per heavy atom. The molecule has 2 aliphatic rings. The smallest absolute Gasteiger partial charge is 0.335 e. The van der Waals surface area contributed by atoms with Crippen LogP contribution >= 0.6 is 63.7 Å². The van der Waals surface area contributed by atoms with E-state index in [2.05, 4.69) is 86.5 Å². The Hall–Kier alpha value is -1.35. The van der Waals surface area contributed by atoms with Crippen LogP contribution in [0.3, 0.4) is 0 Å². The van der Waals surface area contributed by atoms with Crippen LogP contribution in [0.1, 0.15) is 45.0 Å². The van der Waals surface area contributed by atoms with Crippen LogP contribution in [0.4, 0.5) is 11.4 Å². The summed E-state index contributed by atoms with van der Waals surface area (Å²) in [6, 6.07) is 15.5. The predicted molar refractivity (Wildman–Crippen MR) is 133 cm³/mol. The van der Waals surface area contributed by atoms with E-state index in [9.17, 15) is 9.90 Å². The first-order chi connectivity index (χ1) is 14.3. The lowest BCUT2D eigenvalue weighted by atomic mass is 9.72. The van der Waals surface area contributed by atoms with E-state index in [1.807, 2.05) is 24.3 Å². The van der Waals surface area contributed by atoms with E-state index >= 15 is 0 Å². The summed E-state index contributed by atoms with van der Waals surface area (Å²) in [5, 5.41) is 17.0. The molecule has 3 N–H and O–H groups in total. The first-order valence-corrected chi connectivity index (χ1v) is 12.3. The van der Waals surface area contributed by atoms with Crippen LogP contribution in [0.5, 0.6) is 0 Å². The summed E-state index contributed by atoms with van der Waals surface area (Å²) in [6.07, 6.45) is 0. The highest BCUT2D eigenvalue weighted by Gasteiger charge is 2.44. The molecule has 152 valence electrons. The zero-order valence-electron chi connectivity index (χ0n) is 15.2. The number of hydrogen-bond acceptors (Lipinski definition) is 3. The topological polar surface area (TPSA) is 61.4 Å². The van der Waals surface area contributed by atoms with E-state index in [1.54, 1.807) is 12.1 Å². The lowest BCUT2D eigenvalue weighted by Crippen LogP contribution is -2.38. The van der Waals surface area contributed by atoms with Crippen molar-refractivity contribution >= 4 is 81.1 Å². The van der Waals surface area contributed by atoms with Gasteiger partial charge in [0, 0.05) is 34.9 Å². The van der Waals surface area contributed by atoms with Crippen LogP contribution in [-0.4, -0.2) is 11.1 Å². The largest absolute Gasteiger partial charge is 0.478 e. The van der Waals surface area contributed by atoms with Gasteiger partial charge in [-0.25, -0.2) is 4.79 Å². The van der Waals surface area contributed by atoms with Crippen LogP contribution in [0.15, 0.2) is 66.4 Å². The fraction of sp³-hybridized carbons (Fsp3) is 0.136. The Morgan fingerprint density at radius 1 is 0.800 bits per heavy atom. The minimum Gasteiger partial charge on any atom is -0.478 e. The summed E-state index contributed by atoms with van der Waals surface area (Å²) < 4.78 is 3.93. The molecule has 2 atom stereocenters. The van der Waals surface area contributed by atoms with Crippen LogP contribution in [-0.2, 0) is 0 Å². The Morgan fingerprint density at radius 3 is 1.83 bits per heavy atom. The van der Waals surface area contributed by atoms with Gasteiger partial charge in [-0.3, -0.25) is 0 Å². The molecule has 8 heteroatoms. The van der Waals surface area contributed by atoms with Gasteiger partial charge in [0.05, 0.1) is 29.0 Å². The maximum absolute atomic E-state index is 11.6. The highest BCUT2D eigenvalue weighted by Crippen LogP contribution is 2.58. The molecule has 2 bridgehead atoms. The lowest BCUT2D eigenvalue weighted by molar-refractivity contribution is 0.0696. The third-order valence-corrected chi connectivity index (χ3v) is 7.84. The van der Waals surface area contributed by atoms with Gasteiger partial charge in [0.25, 0.3) is 0 Å². The number of anilines is 2. The van der Waals surface area contributed by atoms with Gasteiger partial charge in [-0.15, -0.1) is 0 Å². The molecule has 5 rings (SSSR count). The molecular weight excluding hydrogens is 644 g/mol. The van der Waals surface area contributed by atoms with E-state index in [0.717, 1.165) is 46.0 Å². The van der Waals surface area contributed by atoms with Crippen LogP contribution < -0.4 is 10.6 Å². The molecule has 0 spiro atoms. The molecule has 2 heterocycles. The van der Waals surface area contributed by atoms with Crippen molar-refractivity contribution in [3.63, 3.8) is 0 Å². The number of halogens is 4. The van der Waals surface area contributed by atoms with Crippen LogP contribution in [0.2, 0.25) is 0 Å². The van der Waals surface area contributed by atoms with Crippen molar-refractivity contribution in [1.29, 1.82) is 0 Å². The normalized spacial score (nSPS) is 21.1. The maximum atomic E-state index is 11.6. The molecule has 0 aromatic heterocycles. The average Bonchev–Trinajstić information content (AvgIpc) is 2.69. The van der Waals surface area contributed by atoms with E-state index in [1.165, 1.54) is 0 Å². The third-order valence-electron chi connectivity index (χ3n) is 5.68. The Bertz CT molecular complexity index is 1150. The Labute approximate surface area is 207 Å². The molecule has 3 aromatic carbocycles. The van der Waals surface area contributed by atoms with Crippen LogP contribution in [0, 0.1) is 0 Å². The number of carboxylic acid groups (broad SMARTS) is 1. The number of rotatable bonds is 2. The second kappa shape index (κ2) is 7.65. The van der Waals surface area contributed by atoms with Crippen molar-refractivity contribution in [2.24, 2.45) is 0 Å². The summed E-state index contributed by atoms with van der Waals surface area (Å²) in [6.45, 7) is 0. The average molecular weight is 658 g/mol. The van der Waals surface area contributed by atoms with Gasteiger partial charge in [0.15, 0.2) is 0 Å². The molecule has 0 fully saturated rings. The summed E-state index contributed by atoms with van der Waals surface area (Å²) >= 11 is 14.6. The van der Waals surface area contributed by atoms with Gasteiger partial charge in [0.1, 0.15) is 0 Å². The van der Waals surface area contributed by atoms with E-state index in [-0.39, 0.29) is 18.0 Å². The minimum absolute atomic E-state index is 0.00620. The van der Waals surface area contributed by atoms with Gasteiger partial charge < -0.3 is 15.7 Å². The fourth-order valence-electron chi connectivity index (χ4n) is 4.47. The fourth-order valence-corrected chi connectivity index (χ4v) is 7.22. The van der Waals surface area contributed by atoms with Gasteiger partial charge in [0.2, 0.25) is 0 Å². The van der Waals surface area contributed by atoms with E-state index in [4.69, 9.17) is 0 Å². The number of hydrogen-bond donors (Lipinski definition) is 3. The van der Waals surface area contributed by atoms with Crippen molar-refractivity contribution in [1.82, 2.24) is 0 Å². The molecule has 4 nitrogen and oxygen atoms in total. The maximum Gasteiger partial charge on any atom is 0.335 e. The van der Waals surface area contributed by atoms with Gasteiger partial charge >= 0.3 is 5.97 Å². The van der Waals surface area contributed by atoms with Crippen LogP contribution in [0.25, 0.3) is 0 Å².